The van der Waals surface area contributed by atoms with Crippen molar-refractivity contribution in [3.63, 3.8) is 0 Å². The molecule has 19 heavy (non-hydrogen) atoms. The van der Waals surface area contributed by atoms with E-state index >= 15 is 0 Å². The minimum absolute atomic E-state index is 0.0168. The number of piperidine rings is 1. The lowest BCUT2D eigenvalue weighted by Crippen LogP contribution is -2.51. The SMILES string of the molecule is NC(=O)C1CCCN1C1CCN(CC2CCC2)CC1. The topological polar surface area (TPSA) is 49.6 Å². The Morgan fingerprint density at radius 3 is 2.32 bits per heavy atom. The van der Waals surface area contributed by atoms with Crippen LogP contribution in [0.25, 0.3) is 0 Å². The van der Waals surface area contributed by atoms with Gasteiger partial charge < -0.3 is 10.6 Å². The van der Waals surface area contributed by atoms with Gasteiger partial charge in [-0.1, -0.05) is 6.42 Å². The van der Waals surface area contributed by atoms with Gasteiger partial charge >= 0.3 is 0 Å². The van der Waals surface area contributed by atoms with Gasteiger partial charge in [0.05, 0.1) is 6.04 Å². The largest absolute Gasteiger partial charge is 0.368 e. The second-order valence-electron chi connectivity index (χ2n) is 6.63. The number of hydrogen-bond acceptors (Lipinski definition) is 3. The van der Waals surface area contributed by atoms with Crippen molar-refractivity contribution in [2.75, 3.05) is 26.2 Å². The predicted molar refractivity (Wildman–Crippen MR) is 75.7 cm³/mol. The van der Waals surface area contributed by atoms with E-state index in [1.807, 2.05) is 0 Å². The van der Waals surface area contributed by atoms with Crippen molar-refractivity contribution in [3.05, 3.63) is 0 Å². The van der Waals surface area contributed by atoms with Crippen molar-refractivity contribution < 1.29 is 4.79 Å². The second kappa shape index (κ2) is 5.80. The standard InChI is InChI=1S/C15H27N3O/c16-15(19)14-5-2-8-18(14)13-6-9-17(10-7-13)11-12-3-1-4-12/h12-14H,1-11H2,(H2,16,19). The molecule has 4 heteroatoms. The summed E-state index contributed by atoms with van der Waals surface area (Å²) in [6.45, 7) is 4.80. The van der Waals surface area contributed by atoms with Gasteiger partial charge in [-0.15, -0.1) is 0 Å². The van der Waals surface area contributed by atoms with E-state index in [-0.39, 0.29) is 11.9 Å². The van der Waals surface area contributed by atoms with Gasteiger partial charge in [0.1, 0.15) is 0 Å². The molecule has 4 nitrogen and oxygen atoms in total. The maximum absolute atomic E-state index is 11.5. The van der Waals surface area contributed by atoms with Crippen LogP contribution in [0.2, 0.25) is 0 Å². The summed E-state index contributed by atoms with van der Waals surface area (Å²) in [7, 11) is 0. The monoisotopic (exact) mass is 265 g/mol. The van der Waals surface area contributed by atoms with Crippen LogP contribution >= 0.6 is 0 Å². The molecule has 0 spiro atoms. The molecule has 1 aliphatic carbocycles. The Kier molecular flexibility index (Phi) is 4.08. The minimum Gasteiger partial charge on any atom is -0.368 e. The number of amides is 1. The molecule has 2 heterocycles. The van der Waals surface area contributed by atoms with E-state index in [0.717, 1.165) is 25.3 Å². The summed E-state index contributed by atoms with van der Waals surface area (Å²) in [6.07, 6.45) is 8.86. The van der Waals surface area contributed by atoms with Gasteiger partial charge in [0.15, 0.2) is 0 Å². The van der Waals surface area contributed by atoms with Gasteiger partial charge in [0, 0.05) is 12.6 Å². The van der Waals surface area contributed by atoms with E-state index in [1.165, 1.54) is 51.7 Å². The van der Waals surface area contributed by atoms with Crippen LogP contribution in [0.3, 0.4) is 0 Å². The Bertz CT molecular complexity index is 321. The zero-order valence-corrected chi connectivity index (χ0v) is 11.9. The van der Waals surface area contributed by atoms with Crippen molar-refractivity contribution in [2.24, 2.45) is 11.7 Å². The molecule has 1 atom stereocenters. The van der Waals surface area contributed by atoms with Gasteiger partial charge in [-0.25, -0.2) is 0 Å². The Morgan fingerprint density at radius 2 is 1.74 bits per heavy atom. The van der Waals surface area contributed by atoms with Gasteiger partial charge in [-0.3, -0.25) is 9.69 Å². The molecule has 3 aliphatic rings. The average molecular weight is 265 g/mol. The lowest BCUT2D eigenvalue weighted by molar-refractivity contribution is -0.123. The molecule has 0 aromatic carbocycles. The molecule has 0 aromatic heterocycles. The molecule has 0 radical (unpaired) electrons. The van der Waals surface area contributed by atoms with Crippen LogP contribution in [-0.2, 0) is 4.79 Å². The number of likely N-dealkylation sites (tertiary alicyclic amines) is 2. The van der Waals surface area contributed by atoms with Crippen LogP contribution in [-0.4, -0.2) is 54.0 Å². The zero-order chi connectivity index (χ0) is 13.2. The summed E-state index contributed by atoms with van der Waals surface area (Å²) in [6, 6.07) is 0.612. The fourth-order valence-electron chi connectivity index (χ4n) is 4.01. The van der Waals surface area contributed by atoms with Crippen LogP contribution in [0.5, 0.6) is 0 Å². The third-order valence-corrected chi connectivity index (χ3v) is 5.39. The van der Waals surface area contributed by atoms with Crippen LogP contribution in [0.15, 0.2) is 0 Å². The van der Waals surface area contributed by atoms with E-state index in [1.54, 1.807) is 0 Å². The third kappa shape index (κ3) is 2.95. The van der Waals surface area contributed by atoms with Gasteiger partial charge in [-0.2, -0.15) is 0 Å². The van der Waals surface area contributed by atoms with Crippen LogP contribution in [0.1, 0.15) is 44.9 Å². The number of carbonyl (C=O) groups excluding carboxylic acids is 1. The molecular weight excluding hydrogens is 238 g/mol. The Balaban J connectivity index is 1.47. The maximum atomic E-state index is 11.5. The third-order valence-electron chi connectivity index (χ3n) is 5.39. The summed E-state index contributed by atoms with van der Waals surface area (Å²) in [4.78, 5) is 16.5. The Morgan fingerprint density at radius 1 is 1.00 bits per heavy atom. The molecule has 1 amide bonds. The molecule has 3 rings (SSSR count). The highest BCUT2D eigenvalue weighted by Crippen LogP contribution is 2.30. The molecule has 1 unspecified atom stereocenters. The first-order chi connectivity index (χ1) is 9.24. The van der Waals surface area contributed by atoms with Gasteiger partial charge in [-0.05, 0) is 64.1 Å². The number of primary amides is 1. The summed E-state index contributed by atoms with van der Waals surface area (Å²) in [5.41, 5.74) is 5.52. The van der Waals surface area contributed by atoms with E-state index in [4.69, 9.17) is 5.73 Å². The number of rotatable bonds is 4. The van der Waals surface area contributed by atoms with Crippen molar-refractivity contribution in [1.82, 2.24) is 9.80 Å². The Labute approximate surface area is 116 Å². The minimum atomic E-state index is -0.116. The highest BCUT2D eigenvalue weighted by atomic mass is 16.1. The van der Waals surface area contributed by atoms with E-state index in [2.05, 4.69) is 9.80 Å². The van der Waals surface area contributed by atoms with E-state index < -0.39 is 0 Å². The normalized spacial score (nSPS) is 31.5. The van der Waals surface area contributed by atoms with Crippen molar-refractivity contribution in [1.29, 1.82) is 0 Å². The Hall–Kier alpha value is -0.610. The quantitative estimate of drug-likeness (QED) is 0.831. The summed E-state index contributed by atoms with van der Waals surface area (Å²) in [5, 5.41) is 0. The molecule has 2 saturated heterocycles. The van der Waals surface area contributed by atoms with E-state index in [0.29, 0.717) is 6.04 Å². The first-order valence-corrected chi connectivity index (χ1v) is 8.01. The summed E-state index contributed by atoms with van der Waals surface area (Å²) < 4.78 is 0. The lowest BCUT2D eigenvalue weighted by atomic mass is 9.84. The first-order valence-electron chi connectivity index (χ1n) is 8.01. The number of nitrogens with zero attached hydrogens (tertiary/aromatic N) is 2. The predicted octanol–water partition coefficient (Wildman–Crippen LogP) is 1.20. The molecule has 2 aliphatic heterocycles. The molecule has 3 fully saturated rings. The van der Waals surface area contributed by atoms with Crippen molar-refractivity contribution in [2.45, 2.75) is 57.0 Å². The molecule has 0 bridgehead atoms. The number of hydrogen-bond donors (Lipinski definition) is 1. The molecular formula is C15H27N3O. The van der Waals surface area contributed by atoms with Crippen LogP contribution in [0.4, 0.5) is 0 Å². The van der Waals surface area contributed by atoms with Crippen LogP contribution < -0.4 is 5.73 Å². The van der Waals surface area contributed by atoms with Crippen molar-refractivity contribution in [3.8, 4) is 0 Å². The summed E-state index contributed by atoms with van der Waals surface area (Å²) in [5.74, 6) is 0.858. The fourth-order valence-corrected chi connectivity index (χ4v) is 4.01. The lowest BCUT2D eigenvalue weighted by Gasteiger charge is -2.40. The maximum Gasteiger partial charge on any atom is 0.234 e. The molecule has 2 N–H and O–H groups in total. The van der Waals surface area contributed by atoms with Crippen LogP contribution in [0, 0.1) is 5.92 Å². The van der Waals surface area contributed by atoms with Gasteiger partial charge in [0.2, 0.25) is 5.91 Å². The molecule has 1 saturated carbocycles. The highest BCUT2D eigenvalue weighted by Gasteiger charge is 2.35. The molecule has 0 aromatic rings. The second-order valence-corrected chi connectivity index (χ2v) is 6.63. The highest BCUT2D eigenvalue weighted by molar-refractivity contribution is 5.80. The summed E-state index contributed by atoms with van der Waals surface area (Å²) >= 11 is 0. The molecule has 108 valence electrons. The average Bonchev–Trinajstić information content (AvgIpc) is 2.84. The zero-order valence-electron chi connectivity index (χ0n) is 11.9. The first kappa shape index (κ1) is 13.4. The van der Waals surface area contributed by atoms with E-state index in [9.17, 15) is 4.79 Å². The number of nitrogens with two attached hydrogens (primary N) is 1. The fraction of sp³-hybridized carbons (Fsp3) is 0.933. The van der Waals surface area contributed by atoms with Crippen molar-refractivity contribution >= 4 is 5.91 Å². The smallest absolute Gasteiger partial charge is 0.234 e. The number of carbonyl (C=O) groups is 1. The van der Waals surface area contributed by atoms with Gasteiger partial charge in [0.25, 0.3) is 0 Å².